The predicted molar refractivity (Wildman–Crippen MR) is 179 cm³/mol. The summed E-state index contributed by atoms with van der Waals surface area (Å²) in [4.78, 5) is 30.5. The first-order valence-corrected chi connectivity index (χ1v) is 16.1. The quantitative estimate of drug-likeness (QED) is 0.162. The van der Waals surface area contributed by atoms with Crippen molar-refractivity contribution in [3.63, 3.8) is 0 Å². The second kappa shape index (κ2) is 12.4. The molecule has 2 atom stereocenters. The number of H-pyrrole nitrogens is 1. The number of fused-ring (bicyclic) bond motifs is 1. The van der Waals surface area contributed by atoms with Crippen LogP contribution in [0.4, 0.5) is 4.79 Å². The lowest BCUT2D eigenvalue weighted by atomic mass is 9.90. The first-order chi connectivity index (χ1) is 20.9. The Kier molecular flexibility index (Phi) is 8.85. The Morgan fingerprint density at radius 3 is 2.50 bits per heavy atom. The SMILES string of the molecule is Cc1cc(C)cc(-c2[nH]c3sc(C(C)(C)C#N)cc3c2[C@@H](C)CN(C(=NC(=O)O)N2CCC(c3ccncc3)C2)C(C)C)c1. The zero-order valence-corrected chi connectivity index (χ0v) is 27.5. The van der Waals surface area contributed by atoms with E-state index in [1.807, 2.05) is 38.4 Å². The van der Waals surface area contributed by atoms with Gasteiger partial charge < -0.3 is 19.9 Å². The average molecular weight is 611 g/mol. The molecule has 9 heteroatoms. The van der Waals surface area contributed by atoms with E-state index in [2.05, 4.69) is 89.7 Å². The summed E-state index contributed by atoms with van der Waals surface area (Å²) in [5.41, 5.74) is 6.38. The number of pyridine rings is 1. The van der Waals surface area contributed by atoms with Crippen LogP contribution in [-0.4, -0.2) is 62.6 Å². The molecule has 0 spiro atoms. The number of aromatic amines is 1. The number of nitriles is 1. The number of amides is 1. The van der Waals surface area contributed by atoms with Crippen LogP contribution in [0.1, 0.15) is 80.0 Å². The van der Waals surface area contributed by atoms with Gasteiger partial charge in [0.2, 0.25) is 5.96 Å². The highest BCUT2D eigenvalue weighted by molar-refractivity contribution is 7.18. The van der Waals surface area contributed by atoms with Crippen molar-refractivity contribution in [3.05, 3.63) is 75.9 Å². The Labute approximate surface area is 264 Å². The first-order valence-electron chi connectivity index (χ1n) is 15.3. The zero-order chi connectivity index (χ0) is 31.8. The number of aryl methyl sites for hydroxylation is 2. The van der Waals surface area contributed by atoms with Gasteiger partial charge in [0.25, 0.3) is 0 Å². The van der Waals surface area contributed by atoms with Gasteiger partial charge in [-0.15, -0.1) is 16.3 Å². The van der Waals surface area contributed by atoms with E-state index in [0.717, 1.165) is 39.3 Å². The summed E-state index contributed by atoms with van der Waals surface area (Å²) in [6.45, 7) is 16.5. The monoisotopic (exact) mass is 610 g/mol. The van der Waals surface area contributed by atoms with Crippen molar-refractivity contribution in [2.24, 2.45) is 4.99 Å². The second-order valence-electron chi connectivity index (χ2n) is 12.9. The lowest BCUT2D eigenvalue weighted by Gasteiger charge is -2.36. The highest BCUT2D eigenvalue weighted by atomic mass is 32.1. The summed E-state index contributed by atoms with van der Waals surface area (Å²) in [5, 5.41) is 20.9. The minimum atomic E-state index is -1.19. The minimum absolute atomic E-state index is 0.0187. The standard InChI is InChI=1S/C35H42N6O2S/c1-21(2)41(33(39-34(42)43)40-13-10-26(19-40)25-8-11-37-12-9-25)18-24(5)30-28-17-29(35(6,7)20-36)44-32(28)38-31(30)27-15-22(3)14-23(4)16-27/h8-9,11-12,14-17,21,24,26,38H,10,13,18-19H2,1-7H3,(H,42,43)/t24-,26?/m0/s1. The molecule has 4 aromatic rings. The van der Waals surface area contributed by atoms with Crippen molar-refractivity contribution in [1.82, 2.24) is 19.8 Å². The molecule has 1 unspecified atom stereocenters. The summed E-state index contributed by atoms with van der Waals surface area (Å²) in [7, 11) is 0. The van der Waals surface area contributed by atoms with E-state index in [9.17, 15) is 15.2 Å². The number of hydrogen-bond donors (Lipinski definition) is 2. The largest absolute Gasteiger partial charge is 0.463 e. The third-order valence-corrected chi connectivity index (χ3v) is 10.00. The summed E-state index contributed by atoms with van der Waals surface area (Å²) < 4.78 is 0. The number of benzene rings is 1. The third kappa shape index (κ3) is 6.36. The molecule has 5 rings (SSSR count). The number of aromatic nitrogens is 2. The molecule has 0 bridgehead atoms. The number of carboxylic acid groups (broad SMARTS) is 1. The highest BCUT2D eigenvalue weighted by Gasteiger charge is 2.33. The Morgan fingerprint density at radius 1 is 1.20 bits per heavy atom. The molecule has 44 heavy (non-hydrogen) atoms. The highest BCUT2D eigenvalue weighted by Crippen LogP contribution is 2.43. The number of rotatable bonds is 7. The maximum Gasteiger partial charge on any atom is 0.434 e. The molecular formula is C35H42N6O2S. The molecule has 1 aliphatic heterocycles. The maximum atomic E-state index is 12.1. The van der Waals surface area contributed by atoms with Crippen molar-refractivity contribution in [2.75, 3.05) is 19.6 Å². The topological polar surface area (TPSA) is 109 Å². The average Bonchev–Trinajstić information content (AvgIpc) is 3.70. The summed E-state index contributed by atoms with van der Waals surface area (Å²) in [6.07, 6.45) is 3.36. The lowest BCUT2D eigenvalue weighted by Crippen LogP contribution is -2.48. The lowest BCUT2D eigenvalue weighted by molar-refractivity contribution is 0.203. The molecule has 1 amide bonds. The van der Waals surface area contributed by atoms with Crippen LogP contribution < -0.4 is 0 Å². The van der Waals surface area contributed by atoms with Gasteiger partial charge in [0, 0.05) is 60.2 Å². The van der Waals surface area contributed by atoms with E-state index in [4.69, 9.17) is 0 Å². The molecular weight excluding hydrogens is 568 g/mol. The fourth-order valence-electron chi connectivity index (χ4n) is 6.38. The van der Waals surface area contributed by atoms with Gasteiger partial charge in [-0.1, -0.05) is 24.1 Å². The molecule has 0 saturated carbocycles. The van der Waals surface area contributed by atoms with Crippen molar-refractivity contribution >= 4 is 33.6 Å². The van der Waals surface area contributed by atoms with Crippen LogP contribution in [0.2, 0.25) is 0 Å². The number of nitrogens with one attached hydrogen (secondary N) is 1. The van der Waals surface area contributed by atoms with Crippen molar-refractivity contribution in [1.29, 1.82) is 5.26 Å². The van der Waals surface area contributed by atoms with Gasteiger partial charge >= 0.3 is 6.09 Å². The van der Waals surface area contributed by atoms with E-state index in [1.165, 1.54) is 22.3 Å². The molecule has 1 aliphatic rings. The first kappa shape index (κ1) is 31.3. The van der Waals surface area contributed by atoms with Crippen molar-refractivity contribution < 1.29 is 9.90 Å². The Hall–Kier alpha value is -4.16. The number of guanidine groups is 1. The van der Waals surface area contributed by atoms with Gasteiger partial charge in [0.05, 0.1) is 17.2 Å². The molecule has 4 heterocycles. The molecule has 3 aromatic heterocycles. The van der Waals surface area contributed by atoms with Gasteiger partial charge in [0.1, 0.15) is 4.83 Å². The molecule has 1 aromatic carbocycles. The summed E-state index contributed by atoms with van der Waals surface area (Å²) >= 11 is 1.64. The van der Waals surface area contributed by atoms with Crippen LogP contribution in [-0.2, 0) is 5.41 Å². The smallest absolute Gasteiger partial charge is 0.434 e. The number of nitrogens with zero attached hydrogens (tertiary/aromatic N) is 5. The molecule has 0 radical (unpaired) electrons. The Morgan fingerprint density at radius 2 is 1.89 bits per heavy atom. The molecule has 1 fully saturated rings. The third-order valence-electron chi connectivity index (χ3n) is 8.62. The molecule has 1 saturated heterocycles. The normalized spacial score (nSPS) is 16.5. The van der Waals surface area contributed by atoms with Crippen molar-refractivity contribution in [3.8, 4) is 17.3 Å². The van der Waals surface area contributed by atoms with Crippen LogP contribution in [0.5, 0.6) is 0 Å². The Balaban J connectivity index is 1.55. The Bertz CT molecular complexity index is 1710. The van der Waals surface area contributed by atoms with Gasteiger partial charge in [-0.25, -0.2) is 4.79 Å². The number of likely N-dealkylation sites (tertiary alicyclic amines) is 1. The van der Waals surface area contributed by atoms with Gasteiger partial charge in [-0.3, -0.25) is 4.98 Å². The number of carbonyl (C=O) groups is 1. The van der Waals surface area contributed by atoms with Crippen LogP contribution in [0.3, 0.4) is 0 Å². The molecule has 230 valence electrons. The van der Waals surface area contributed by atoms with E-state index in [1.54, 1.807) is 11.3 Å². The number of hydrogen-bond acceptors (Lipinski definition) is 4. The predicted octanol–water partition coefficient (Wildman–Crippen LogP) is 8.05. The summed E-state index contributed by atoms with van der Waals surface area (Å²) in [6, 6.07) is 15.3. The van der Waals surface area contributed by atoms with Gasteiger partial charge in [-0.2, -0.15) is 5.26 Å². The van der Waals surface area contributed by atoms with Crippen LogP contribution >= 0.6 is 11.3 Å². The van der Waals surface area contributed by atoms with E-state index < -0.39 is 11.5 Å². The van der Waals surface area contributed by atoms with E-state index >= 15 is 0 Å². The fourth-order valence-corrected chi connectivity index (χ4v) is 7.51. The van der Waals surface area contributed by atoms with E-state index in [0.29, 0.717) is 19.0 Å². The van der Waals surface area contributed by atoms with Gasteiger partial charge in [-0.05, 0) is 95.0 Å². The summed E-state index contributed by atoms with van der Waals surface area (Å²) in [5.74, 6) is 0.816. The molecule has 8 nitrogen and oxygen atoms in total. The second-order valence-corrected chi connectivity index (χ2v) is 14.0. The van der Waals surface area contributed by atoms with E-state index in [-0.39, 0.29) is 17.9 Å². The molecule has 2 N–H and O–H groups in total. The number of aliphatic imine (C=N–C) groups is 1. The maximum absolute atomic E-state index is 12.1. The van der Waals surface area contributed by atoms with Gasteiger partial charge in [0.15, 0.2) is 0 Å². The molecule has 0 aliphatic carbocycles. The van der Waals surface area contributed by atoms with Crippen LogP contribution in [0, 0.1) is 25.2 Å². The number of thiophene rings is 1. The zero-order valence-electron chi connectivity index (χ0n) is 26.7. The minimum Gasteiger partial charge on any atom is -0.463 e. The fraction of sp³-hybridized carbons (Fsp3) is 0.429. The van der Waals surface area contributed by atoms with Crippen LogP contribution in [0.15, 0.2) is 53.8 Å². The van der Waals surface area contributed by atoms with Crippen molar-refractivity contribution in [2.45, 2.75) is 78.2 Å². The van der Waals surface area contributed by atoms with Crippen LogP contribution in [0.25, 0.3) is 21.5 Å².